The Morgan fingerprint density at radius 2 is 1.81 bits per heavy atom. The summed E-state index contributed by atoms with van der Waals surface area (Å²) >= 11 is 0. The Bertz CT molecular complexity index is 1550. The normalized spacial score (nSPS) is 11.3. The minimum atomic E-state index is -0.428. The fourth-order valence-corrected chi connectivity index (χ4v) is 3.68. The molecule has 0 unspecified atom stereocenters. The van der Waals surface area contributed by atoms with E-state index in [1.54, 1.807) is 35.1 Å². The lowest BCUT2D eigenvalue weighted by atomic mass is 10.1. The Morgan fingerprint density at radius 3 is 2.56 bits per heavy atom. The average Bonchev–Trinajstić information content (AvgIpc) is 3.32. The van der Waals surface area contributed by atoms with Crippen molar-refractivity contribution in [2.24, 2.45) is 0 Å². The number of halogens is 1. The molecule has 0 saturated carbocycles. The molecule has 5 rings (SSSR count). The summed E-state index contributed by atoms with van der Waals surface area (Å²) in [6, 6.07) is 13.5. The van der Waals surface area contributed by atoms with E-state index in [4.69, 9.17) is 0 Å². The Kier molecular flexibility index (Phi) is 4.58. The molecule has 160 valence electrons. The zero-order chi connectivity index (χ0) is 22.4. The molecule has 3 aromatic heterocycles. The SMILES string of the molecule is Cc1ccc(NC(=O)Cn2nc3c4cc(-c5ccc(F)cc5)nn4ccn3c2=O)c(C)c1. The zero-order valence-corrected chi connectivity index (χ0v) is 17.4. The fraction of sp³-hybridized carbons (Fsp3) is 0.130. The van der Waals surface area contributed by atoms with E-state index in [9.17, 15) is 14.0 Å². The molecule has 0 atom stereocenters. The number of benzene rings is 2. The van der Waals surface area contributed by atoms with E-state index in [2.05, 4.69) is 15.5 Å². The summed E-state index contributed by atoms with van der Waals surface area (Å²) < 4.78 is 17.3. The zero-order valence-electron chi connectivity index (χ0n) is 17.4. The van der Waals surface area contributed by atoms with Crippen LogP contribution >= 0.6 is 0 Å². The van der Waals surface area contributed by atoms with Crippen molar-refractivity contribution in [1.82, 2.24) is 23.8 Å². The summed E-state index contributed by atoms with van der Waals surface area (Å²) in [6.07, 6.45) is 3.19. The smallest absolute Gasteiger partial charge is 0.324 e. The van der Waals surface area contributed by atoms with Crippen LogP contribution in [0.2, 0.25) is 0 Å². The number of nitrogens with one attached hydrogen (secondary N) is 1. The number of hydrogen-bond acceptors (Lipinski definition) is 4. The van der Waals surface area contributed by atoms with Crippen molar-refractivity contribution in [3.63, 3.8) is 0 Å². The maximum absolute atomic E-state index is 13.2. The Morgan fingerprint density at radius 1 is 1.03 bits per heavy atom. The van der Waals surface area contributed by atoms with Gasteiger partial charge < -0.3 is 5.32 Å². The molecular formula is C23H19FN6O2. The van der Waals surface area contributed by atoms with Crippen molar-refractivity contribution in [3.05, 3.63) is 88.4 Å². The van der Waals surface area contributed by atoms with Crippen LogP contribution in [-0.4, -0.2) is 29.7 Å². The first kappa shape index (κ1) is 19.7. The number of fused-ring (bicyclic) bond motifs is 3. The van der Waals surface area contributed by atoms with Gasteiger partial charge in [0.1, 0.15) is 17.9 Å². The summed E-state index contributed by atoms with van der Waals surface area (Å²) in [4.78, 5) is 25.4. The molecule has 0 aliphatic rings. The van der Waals surface area contributed by atoms with Gasteiger partial charge in [0.25, 0.3) is 0 Å². The predicted molar refractivity (Wildman–Crippen MR) is 118 cm³/mol. The molecule has 2 aromatic carbocycles. The van der Waals surface area contributed by atoms with Gasteiger partial charge in [-0.1, -0.05) is 17.7 Å². The van der Waals surface area contributed by atoms with Crippen molar-refractivity contribution in [2.75, 3.05) is 5.32 Å². The van der Waals surface area contributed by atoms with E-state index in [1.165, 1.54) is 16.5 Å². The lowest BCUT2D eigenvalue weighted by Crippen LogP contribution is -2.28. The molecule has 0 fully saturated rings. The Hall–Kier alpha value is -4.27. The van der Waals surface area contributed by atoms with Crippen LogP contribution in [0.25, 0.3) is 22.4 Å². The lowest BCUT2D eigenvalue weighted by molar-refractivity contribution is -0.117. The van der Waals surface area contributed by atoms with Crippen LogP contribution in [0.4, 0.5) is 10.1 Å². The third-order valence-electron chi connectivity index (χ3n) is 5.28. The van der Waals surface area contributed by atoms with Crippen molar-refractivity contribution in [2.45, 2.75) is 20.4 Å². The van der Waals surface area contributed by atoms with Gasteiger partial charge in [0.15, 0.2) is 5.65 Å². The lowest BCUT2D eigenvalue weighted by Gasteiger charge is -2.08. The number of anilines is 1. The van der Waals surface area contributed by atoms with Crippen LogP contribution in [0.5, 0.6) is 0 Å². The average molecular weight is 430 g/mol. The molecule has 32 heavy (non-hydrogen) atoms. The van der Waals surface area contributed by atoms with Crippen molar-refractivity contribution >= 4 is 22.8 Å². The quantitative estimate of drug-likeness (QED) is 0.475. The van der Waals surface area contributed by atoms with E-state index < -0.39 is 5.69 Å². The molecule has 1 amide bonds. The van der Waals surface area contributed by atoms with Crippen molar-refractivity contribution < 1.29 is 9.18 Å². The van der Waals surface area contributed by atoms with Gasteiger partial charge >= 0.3 is 5.69 Å². The number of aryl methyl sites for hydroxylation is 2. The number of carbonyl (C=O) groups is 1. The minimum absolute atomic E-state index is 0.223. The first-order valence-corrected chi connectivity index (χ1v) is 10.00. The molecule has 0 radical (unpaired) electrons. The third kappa shape index (κ3) is 3.43. The number of carbonyl (C=O) groups excluding carboxylic acids is 1. The first-order valence-electron chi connectivity index (χ1n) is 10.00. The number of aromatic nitrogens is 5. The number of amides is 1. The first-order chi connectivity index (χ1) is 15.4. The Labute approximate surface area is 181 Å². The maximum atomic E-state index is 13.2. The summed E-state index contributed by atoms with van der Waals surface area (Å²) in [5.74, 6) is -0.678. The van der Waals surface area contributed by atoms with Crippen LogP contribution in [-0.2, 0) is 11.3 Å². The van der Waals surface area contributed by atoms with Gasteiger partial charge in [-0.25, -0.2) is 22.8 Å². The molecule has 9 heteroatoms. The Balaban J connectivity index is 1.48. The summed E-state index contributed by atoms with van der Waals surface area (Å²) in [6.45, 7) is 3.67. The molecule has 0 saturated heterocycles. The monoisotopic (exact) mass is 430 g/mol. The van der Waals surface area contributed by atoms with Gasteiger partial charge in [0.2, 0.25) is 5.91 Å². The molecule has 1 N–H and O–H groups in total. The number of rotatable bonds is 4. The summed E-state index contributed by atoms with van der Waals surface area (Å²) in [5, 5.41) is 11.7. The molecule has 0 aliphatic carbocycles. The second kappa shape index (κ2) is 7.45. The standard InChI is InChI=1S/C23H19FN6O2/c1-14-3-8-18(15(2)11-14)25-21(31)13-30-23(32)28-9-10-29-20(22(28)27-30)12-19(26-29)16-4-6-17(24)7-5-16/h3-12H,13H2,1-2H3,(H,25,31). The van der Waals surface area contributed by atoms with Crippen LogP contribution in [0.1, 0.15) is 11.1 Å². The van der Waals surface area contributed by atoms with Gasteiger partial charge in [-0.05, 0) is 55.8 Å². The van der Waals surface area contributed by atoms with Crippen LogP contribution in [0.15, 0.2) is 65.7 Å². The molecular weight excluding hydrogens is 411 g/mol. The predicted octanol–water partition coefficient (Wildman–Crippen LogP) is 3.21. The van der Waals surface area contributed by atoms with Gasteiger partial charge in [-0.15, -0.1) is 5.10 Å². The second-order valence-electron chi connectivity index (χ2n) is 7.66. The largest absolute Gasteiger partial charge is 0.350 e. The highest BCUT2D eigenvalue weighted by Gasteiger charge is 2.16. The fourth-order valence-electron chi connectivity index (χ4n) is 3.68. The molecule has 5 aromatic rings. The topological polar surface area (TPSA) is 85.7 Å². The summed E-state index contributed by atoms with van der Waals surface area (Å²) in [5.41, 5.74) is 4.63. The van der Waals surface area contributed by atoms with Crippen molar-refractivity contribution in [1.29, 1.82) is 0 Å². The molecule has 0 bridgehead atoms. The third-order valence-corrected chi connectivity index (χ3v) is 5.28. The second-order valence-corrected chi connectivity index (χ2v) is 7.66. The maximum Gasteiger partial charge on any atom is 0.350 e. The molecule has 0 spiro atoms. The molecule has 0 aliphatic heterocycles. The molecule has 8 nitrogen and oxygen atoms in total. The van der Waals surface area contributed by atoms with Crippen LogP contribution in [0.3, 0.4) is 0 Å². The van der Waals surface area contributed by atoms with Gasteiger partial charge in [0, 0.05) is 23.6 Å². The van der Waals surface area contributed by atoms with Crippen LogP contribution in [0, 0.1) is 19.7 Å². The summed E-state index contributed by atoms with van der Waals surface area (Å²) in [7, 11) is 0. The van der Waals surface area contributed by atoms with E-state index >= 15 is 0 Å². The molecule has 3 heterocycles. The minimum Gasteiger partial charge on any atom is -0.324 e. The van der Waals surface area contributed by atoms with Crippen LogP contribution < -0.4 is 11.0 Å². The van der Waals surface area contributed by atoms with Gasteiger partial charge in [-0.3, -0.25) is 4.79 Å². The van der Waals surface area contributed by atoms with E-state index in [0.717, 1.165) is 21.4 Å². The number of nitrogens with zero attached hydrogens (tertiary/aromatic N) is 5. The highest BCUT2D eigenvalue weighted by atomic mass is 19.1. The number of hydrogen-bond donors (Lipinski definition) is 1. The van der Waals surface area contributed by atoms with Gasteiger partial charge in [0.05, 0.1) is 5.69 Å². The van der Waals surface area contributed by atoms with E-state index in [0.29, 0.717) is 22.5 Å². The highest BCUT2D eigenvalue weighted by Crippen LogP contribution is 2.21. The van der Waals surface area contributed by atoms with Crippen molar-refractivity contribution in [3.8, 4) is 11.3 Å². The van der Waals surface area contributed by atoms with Gasteiger partial charge in [-0.2, -0.15) is 5.10 Å². The highest BCUT2D eigenvalue weighted by molar-refractivity contribution is 5.91. The van der Waals surface area contributed by atoms with E-state index in [1.807, 2.05) is 32.0 Å². The van der Waals surface area contributed by atoms with E-state index in [-0.39, 0.29) is 18.3 Å².